The van der Waals surface area contributed by atoms with Crippen molar-refractivity contribution in [3.05, 3.63) is 69.8 Å². The van der Waals surface area contributed by atoms with Crippen LogP contribution in [0.5, 0.6) is 5.75 Å². The molecule has 0 fully saturated rings. The van der Waals surface area contributed by atoms with E-state index in [1.807, 2.05) is 30.3 Å². The average Bonchev–Trinajstić information content (AvgIpc) is 2.77. The van der Waals surface area contributed by atoms with Crippen LogP contribution >= 0.6 is 0 Å². The quantitative estimate of drug-likeness (QED) is 0.323. The number of ether oxygens (including phenoxy) is 2. The summed E-state index contributed by atoms with van der Waals surface area (Å²) in [5.41, 5.74) is 0.981. The summed E-state index contributed by atoms with van der Waals surface area (Å²) >= 11 is 0. The minimum atomic E-state index is -1.12. The zero-order valence-corrected chi connectivity index (χ0v) is 18.0. The van der Waals surface area contributed by atoms with Crippen molar-refractivity contribution in [3.8, 4) is 5.75 Å². The number of amides is 2. The molecule has 0 aliphatic rings. The molecule has 0 aliphatic heterocycles. The molecule has 0 saturated carbocycles. The number of carbonyl (C=O) groups is 3. The first-order valence-electron chi connectivity index (χ1n) is 9.75. The molecule has 0 aromatic heterocycles. The largest absolute Gasteiger partial charge is 0.490 e. The molecule has 0 saturated heterocycles. The molecule has 10 heteroatoms. The molecule has 2 rings (SSSR count). The van der Waals surface area contributed by atoms with Crippen LogP contribution in [0.1, 0.15) is 18.1 Å². The second-order valence-electron chi connectivity index (χ2n) is 6.99. The van der Waals surface area contributed by atoms with E-state index in [2.05, 4.69) is 10.6 Å². The van der Waals surface area contributed by atoms with E-state index >= 15 is 0 Å². The normalized spacial score (nSPS) is 12.2. The van der Waals surface area contributed by atoms with Crippen LogP contribution in [0, 0.1) is 10.1 Å². The molecule has 2 aromatic rings. The Hall–Kier alpha value is -3.95. The van der Waals surface area contributed by atoms with Gasteiger partial charge in [0.25, 0.3) is 0 Å². The van der Waals surface area contributed by atoms with E-state index in [9.17, 15) is 24.5 Å². The smallest absolute Gasteiger partial charge is 0.328 e. The number of methoxy groups -OCH3 is 2. The van der Waals surface area contributed by atoms with Gasteiger partial charge < -0.3 is 20.1 Å². The third-order valence-corrected chi connectivity index (χ3v) is 4.66. The van der Waals surface area contributed by atoms with E-state index in [0.29, 0.717) is 5.56 Å². The topological polar surface area (TPSA) is 137 Å². The molecule has 2 aromatic carbocycles. The van der Waals surface area contributed by atoms with Gasteiger partial charge in [0.15, 0.2) is 5.75 Å². The zero-order chi connectivity index (χ0) is 23.7. The Labute approximate surface area is 185 Å². The molecule has 0 unspecified atom stereocenters. The van der Waals surface area contributed by atoms with Crippen molar-refractivity contribution in [2.24, 2.45) is 0 Å². The van der Waals surface area contributed by atoms with E-state index in [4.69, 9.17) is 9.47 Å². The predicted octanol–water partition coefficient (Wildman–Crippen LogP) is 1.55. The number of carbonyl (C=O) groups excluding carboxylic acids is 3. The SMILES string of the molecule is COC(=O)[C@@H](Cc1ccc(OC)c([N+](=O)[O-])c1)NC(=O)[C@H](Cc1ccccc1)NC(C)=O. The van der Waals surface area contributed by atoms with E-state index in [1.165, 1.54) is 33.3 Å². The fourth-order valence-corrected chi connectivity index (χ4v) is 3.15. The number of nitrogens with zero attached hydrogens (tertiary/aromatic N) is 1. The highest BCUT2D eigenvalue weighted by Gasteiger charge is 2.28. The second kappa shape index (κ2) is 11.4. The molecule has 32 heavy (non-hydrogen) atoms. The Balaban J connectivity index is 2.23. The minimum absolute atomic E-state index is 0.0542. The van der Waals surface area contributed by atoms with Gasteiger partial charge in [-0.15, -0.1) is 0 Å². The predicted molar refractivity (Wildman–Crippen MR) is 115 cm³/mol. The monoisotopic (exact) mass is 443 g/mol. The average molecular weight is 443 g/mol. The van der Waals surface area contributed by atoms with Gasteiger partial charge in [-0.25, -0.2) is 4.79 Å². The highest BCUT2D eigenvalue weighted by atomic mass is 16.6. The van der Waals surface area contributed by atoms with Crippen molar-refractivity contribution in [2.75, 3.05) is 14.2 Å². The summed E-state index contributed by atoms with van der Waals surface area (Å²) in [6, 6.07) is 11.3. The lowest BCUT2D eigenvalue weighted by atomic mass is 10.0. The Bertz CT molecular complexity index is 979. The van der Waals surface area contributed by atoms with Gasteiger partial charge in [-0.1, -0.05) is 36.4 Å². The lowest BCUT2D eigenvalue weighted by molar-refractivity contribution is -0.385. The van der Waals surface area contributed by atoms with Gasteiger partial charge in [-0.05, 0) is 17.2 Å². The van der Waals surface area contributed by atoms with Crippen molar-refractivity contribution in [1.29, 1.82) is 0 Å². The van der Waals surface area contributed by atoms with E-state index < -0.39 is 34.8 Å². The summed E-state index contributed by atoms with van der Waals surface area (Å²) in [4.78, 5) is 47.5. The maximum atomic E-state index is 12.9. The number of rotatable bonds is 10. The fourth-order valence-electron chi connectivity index (χ4n) is 3.15. The van der Waals surface area contributed by atoms with Gasteiger partial charge in [0.05, 0.1) is 19.1 Å². The van der Waals surface area contributed by atoms with Gasteiger partial charge in [0.2, 0.25) is 11.8 Å². The molecule has 2 N–H and O–H groups in total. The number of nitrogens with one attached hydrogen (secondary N) is 2. The lowest BCUT2D eigenvalue weighted by Crippen LogP contribution is -2.53. The highest BCUT2D eigenvalue weighted by molar-refractivity contribution is 5.90. The van der Waals surface area contributed by atoms with Crippen molar-refractivity contribution in [1.82, 2.24) is 10.6 Å². The number of hydrogen-bond donors (Lipinski definition) is 2. The number of nitro groups is 1. The Morgan fingerprint density at radius 1 is 0.969 bits per heavy atom. The molecular formula is C22H25N3O7. The van der Waals surface area contributed by atoms with Crippen LogP contribution in [0.2, 0.25) is 0 Å². The maximum Gasteiger partial charge on any atom is 0.328 e. The third-order valence-electron chi connectivity index (χ3n) is 4.66. The van der Waals surface area contributed by atoms with Crippen LogP contribution < -0.4 is 15.4 Å². The molecule has 2 amide bonds. The summed E-state index contributed by atoms with van der Waals surface area (Å²) in [5.74, 6) is -1.63. The highest BCUT2D eigenvalue weighted by Crippen LogP contribution is 2.28. The lowest BCUT2D eigenvalue weighted by Gasteiger charge is -2.22. The van der Waals surface area contributed by atoms with Crippen LogP contribution in [-0.4, -0.2) is 49.0 Å². The molecular weight excluding hydrogens is 418 g/mol. The van der Waals surface area contributed by atoms with E-state index in [-0.39, 0.29) is 24.3 Å². The summed E-state index contributed by atoms with van der Waals surface area (Å²) in [6.45, 7) is 1.29. The van der Waals surface area contributed by atoms with Crippen LogP contribution in [-0.2, 0) is 32.0 Å². The molecule has 0 radical (unpaired) electrons. The summed E-state index contributed by atoms with van der Waals surface area (Å²) in [7, 11) is 2.49. The number of benzene rings is 2. The number of esters is 1. The molecule has 2 atom stereocenters. The Morgan fingerprint density at radius 3 is 2.19 bits per heavy atom. The van der Waals surface area contributed by atoms with Crippen LogP contribution in [0.15, 0.2) is 48.5 Å². The Morgan fingerprint density at radius 2 is 1.62 bits per heavy atom. The molecule has 0 spiro atoms. The van der Waals surface area contributed by atoms with Gasteiger partial charge in [0, 0.05) is 25.8 Å². The third kappa shape index (κ3) is 6.79. The van der Waals surface area contributed by atoms with E-state index in [0.717, 1.165) is 5.56 Å². The van der Waals surface area contributed by atoms with Crippen molar-refractivity contribution in [3.63, 3.8) is 0 Å². The molecule has 0 heterocycles. The summed E-state index contributed by atoms with van der Waals surface area (Å²) in [5, 5.41) is 16.5. The molecule has 0 aliphatic carbocycles. The van der Waals surface area contributed by atoms with Crippen LogP contribution in [0.25, 0.3) is 0 Å². The van der Waals surface area contributed by atoms with Gasteiger partial charge >= 0.3 is 11.7 Å². The first kappa shape index (κ1) is 24.3. The number of hydrogen-bond acceptors (Lipinski definition) is 7. The Kier molecular flexibility index (Phi) is 8.70. The van der Waals surface area contributed by atoms with E-state index in [1.54, 1.807) is 6.07 Å². The second-order valence-corrected chi connectivity index (χ2v) is 6.99. The standard InChI is InChI=1S/C22H25N3O7/c1-14(26)23-17(11-15-7-5-4-6-8-15)21(27)24-18(22(28)32-3)12-16-9-10-20(31-2)19(13-16)25(29)30/h4-10,13,17-18H,11-12H2,1-3H3,(H,23,26)(H,24,27)/t17-,18+/m0/s1. The fraction of sp³-hybridized carbons (Fsp3) is 0.318. The van der Waals surface area contributed by atoms with Crippen molar-refractivity contribution < 1.29 is 28.8 Å². The zero-order valence-electron chi connectivity index (χ0n) is 18.0. The molecule has 170 valence electrons. The first-order valence-corrected chi connectivity index (χ1v) is 9.75. The maximum absolute atomic E-state index is 12.9. The van der Waals surface area contributed by atoms with Crippen molar-refractivity contribution in [2.45, 2.75) is 31.8 Å². The summed E-state index contributed by atoms with van der Waals surface area (Å²) in [6.07, 6.45) is 0.162. The van der Waals surface area contributed by atoms with Crippen molar-refractivity contribution >= 4 is 23.5 Å². The number of nitro benzene ring substituents is 1. The first-order chi connectivity index (χ1) is 15.2. The molecule has 10 nitrogen and oxygen atoms in total. The van der Waals surface area contributed by atoms with Gasteiger partial charge in [-0.3, -0.25) is 19.7 Å². The minimum Gasteiger partial charge on any atom is -0.490 e. The molecule has 0 bridgehead atoms. The van der Waals surface area contributed by atoms with Gasteiger partial charge in [0.1, 0.15) is 12.1 Å². The van der Waals surface area contributed by atoms with Crippen LogP contribution in [0.3, 0.4) is 0 Å². The van der Waals surface area contributed by atoms with Crippen LogP contribution in [0.4, 0.5) is 5.69 Å². The van der Waals surface area contributed by atoms with Gasteiger partial charge in [-0.2, -0.15) is 0 Å². The summed E-state index contributed by atoms with van der Waals surface area (Å²) < 4.78 is 9.77.